The molecule has 0 aliphatic carbocycles. The molecule has 0 aliphatic heterocycles. The molecule has 0 fully saturated rings. The molecule has 3 aromatic rings. The molecule has 0 radical (unpaired) electrons. The summed E-state index contributed by atoms with van der Waals surface area (Å²) in [5.74, 6) is 0.659. The number of rotatable bonds is 6. The van der Waals surface area contributed by atoms with E-state index in [0.29, 0.717) is 17.6 Å². The minimum absolute atomic E-state index is 0.396. The standard InChI is InChI=1S/C19H21N7S2/c1-12(22-11-23-19(27)20-3)13(2)25-26-17-9-8-14(10-21-17)18-24-15-6-4-5-7-16(15)28-18/h4-10H,11H2,1-3H3,(H,21,26)(H2,20,23,27)/b22-12+,25-13+. The lowest BCUT2D eigenvalue weighted by Gasteiger charge is -2.06. The molecule has 2 aromatic heterocycles. The molecular formula is C19H21N7S2. The van der Waals surface area contributed by atoms with Crippen LogP contribution in [0, 0.1) is 0 Å². The van der Waals surface area contributed by atoms with Crippen LogP contribution in [0.5, 0.6) is 0 Å². The molecule has 3 rings (SSSR count). The molecule has 1 aromatic carbocycles. The van der Waals surface area contributed by atoms with Gasteiger partial charge in [-0.25, -0.2) is 9.97 Å². The maximum Gasteiger partial charge on any atom is 0.167 e. The third-order valence-electron chi connectivity index (χ3n) is 3.95. The highest BCUT2D eigenvalue weighted by atomic mass is 32.1. The summed E-state index contributed by atoms with van der Waals surface area (Å²) in [6.45, 7) is 4.18. The van der Waals surface area contributed by atoms with Crippen LogP contribution in [-0.2, 0) is 0 Å². The lowest BCUT2D eigenvalue weighted by molar-refractivity contribution is 0.904. The Kier molecular flexibility index (Phi) is 6.62. The minimum Gasteiger partial charge on any atom is -0.366 e. The zero-order valence-corrected chi connectivity index (χ0v) is 17.5. The highest BCUT2D eigenvalue weighted by Crippen LogP contribution is 2.29. The Hall–Kier alpha value is -2.91. The third-order valence-corrected chi connectivity index (χ3v) is 5.38. The number of aromatic nitrogens is 2. The van der Waals surface area contributed by atoms with Gasteiger partial charge in [-0.15, -0.1) is 11.3 Å². The fourth-order valence-corrected chi connectivity index (χ4v) is 3.26. The van der Waals surface area contributed by atoms with Crippen molar-refractivity contribution in [2.75, 3.05) is 19.1 Å². The third kappa shape index (κ3) is 5.08. The second-order valence-electron chi connectivity index (χ2n) is 5.89. The summed E-state index contributed by atoms with van der Waals surface area (Å²) in [5, 5.41) is 11.6. The first-order valence-electron chi connectivity index (χ1n) is 8.66. The molecule has 3 N–H and O–H groups in total. The largest absolute Gasteiger partial charge is 0.366 e. The highest BCUT2D eigenvalue weighted by molar-refractivity contribution is 7.80. The van der Waals surface area contributed by atoms with E-state index in [9.17, 15) is 0 Å². The van der Waals surface area contributed by atoms with Crippen molar-refractivity contribution in [1.29, 1.82) is 0 Å². The Morgan fingerprint density at radius 3 is 2.68 bits per heavy atom. The first-order valence-corrected chi connectivity index (χ1v) is 9.88. The summed E-state index contributed by atoms with van der Waals surface area (Å²) >= 11 is 6.66. The first-order chi connectivity index (χ1) is 13.6. The molecule has 0 atom stereocenters. The van der Waals surface area contributed by atoms with E-state index >= 15 is 0 Å². The number of thiocarbonyl (C=S) groups is 1. The maximum atomic E-state index is 5.01. The number of pyridine rings is 1. The number of para-hydroxylation sites is 1. The van der Waals surface area contributed by atoms with Gasteiger partial charge >= 0.3 is 0 Å². The van der Waals surface area contributed by atoms with Crippen LogP contribution in [0.25, 0.3) is 20.8 Å². The molecule has 0 saturated heterocycles. The fraction of sp³-hybridized carbons (Fsp3) is 0.211. The summed E-state index contributed by atoms with van der Waals surface area (Å²) in [7, 11) is 1.76. The average Bonchev–Trinajstić information content (AvgIpc) is 3.16. The van der Waals surface area contributed by atoms with Crippen molar-refractivity contribution < 1.29 is 0 Å². The SMILES string of the molecule is CNC(=S)NC/N=C(C)/C(C)=N/Nc1ccc(-c2nc3ccccc3s2)cn1. The van der Waals surface area contributed by atoms with Crippen LogP contribution in [0.2, 0.25) is 0 Å². The number of nitrogens with one attached hydrogen (secondary N) is 3. The number of thiazole rings is 1. The summed E-state index contributed by atoms with van der Waals surface area (Å²) in [6.07, 6.45) is 1.80. The second kappa shape index (κ2) is 9.34. The van der Waals surface area contributed by atoms with Gasteiger partial charge in [0.25, 0.3) is 0 Å². The van der Waals surface area contributed by atoms with Crippen molar-refractivity contribution in [1.82, 2.24) is 20.6 Å². The minimum atomic E-state index is 0.396. The van der Waals surface area contributed by atoms with Crippen LogP contribution < -0.4 is 16.1 Å². The van der Waals surface area contributed by atoms with E-state index in [1.54, 1.807) is 24.6 Å². The number of nitrogens with zero attached hydrogens (tertiary/aromatic N) is 4. The number of hydrogen-bond acceptors (Lipinski definition) is 7. The molecule has 0 saturated carbocycles. The van der Waals surface area contributed by atoms with Crippen LogP contribution >= 0.6 is 23.6 Å². The first kappa shape index (κ1) is 19.8. The van der Waals surface area contributed by atoms with E-state index in [4.69, 9.17) is 12.2 Å². The van der Waals surface area contributed by atoms with Gasteiger partial charge in [0, 0.05) is 18.8 Å². The van der Waals surface area contributed by atoms with Crippen LogP contribution in [0.1, 0.15) is 13.8 Å². The van der Waals surface area contributed by atoms with Crippen molar-refractivity contribution in [3.8, 4) is 10.6 Å². The van der Waals surface area contributed by atoms with Gasteiger partial charge in [-0.2, -0.15) is 5.10 Å². The topological polar surface area (TPSA) is 86.6 Å². The van der Waals surface area contributed by atoms with Gasteiger partial charge in [0.2, 0.25) is 0 Å². The predicted molar refractivity (Wildman–Crippen MR) is 122 cm³/mol. The number of hydrazone groups is 1. The van der Waals surface area contributed by atoms with Crippen molar-refractivity contribution in [2.24, 2.45) is 10.1 Å². The summed E-state index contributed by atoms with van der Waals surface area (Å²) in [5.41, 5.74) is 6.53. The average molecular weight is 412 g/mol. The zero-order chi connectivity index (χ0) is 19.9. The molecule has 2 heterocycles. The Labute approximate surface area is 173 Å². The fourth-order valence-electron chi connectivity index (χ4n) is 2.24. The van der Waals surface area contributed by atoms with Crippen LogP contribution in [0.15, 0.2) is 52.7 Å². The van der Waals surface area contributed by atoms with E-state index < -0.39 is 0 Å². The molecule has 0 unspecified atom stereocenters. The Balaban J connectivity index is 1.62. The van der Waals surface area contributed by atoms with Gasteiger partial charge in [-0.05, 0) is 50.3 Å². The molecular weight excluding hydrogens is 390 g/mol. The van der Waals surface area contributed by atoms with Crippen LogP contribution in [0.4, 0.5) is 5.82 Å². The number of benzene rings is 1. The summed E-state index contributed by atoms with van der Waals surface area (Å²) in [6, 6.07) is 12.0. The Morgan fingerprint density at radius 2 is 1.96 bits per heavy atom. The normalized spacial score (nSPS) is 12.1. The van der Waals surface area contributed by atoms with Gasteiger partial charge in [0.05, 0.1) is 21.6 Å². The monoisotopic (exact) mass is 411 g/mol. The van der Waals surface area contributed by atoms with Gasteiger partial charge < -0.3 is 10.6 Å². The maximum absolute atomic E-state index is 5.01. The number of hydrogen-bond donors (Lipinski definition) is 3. The van der Waals surface area contributed by atoms with E-state index in [2.05, 4.69) is 42.2 Å². The van der Waals surface area contributed by atoms with Crippen LogP contribution in [0.3, 0.4) is 0 Å². The highest BCUT2D eigenvalue weighted by Gasteiger charge is 2.06. The summed E-state index contributed by atoms with van der Waals surface area (Å²) < 4.78 is 1.17. The van der Waals surface area contributed by atoms with E-state index in [1.165, 1.54) is 4.70 Å². The van der Waals surface area contributed by atoms with Gasteiger partial charge in [0.1, 0.15) is 17.5 Å². The zero-order valence-electron chi connectivity index (χ0n) is 15.9. The molecule has 7 nitrogen and oxygen atoms in total. The second-order valence-corrected chi connectivity index (χ2v) is 7.32. The Bertz CT molecular complexity index is 989. The number of fused-ring (bicyclic) bond motifs is 1. The van der Waals surface area contributed by atoms with E-state index in [1.807, 2.05) is 44.2 Å². The number of anilines is 1. The van der Waals surface area contributed by atoms with Crippen LogP contribution in [-0.4, -0.2) is 40.2 Å². The number of aliphatic imine (C=N–C) groups is 1. The lowest BCUT2D eigenvalue weighted by Crippen LogP contribution is -2.32. The molecule has 28 heavy (non-hydrogen) atoms. The van der Waals surface area contributed by atoms with Crippen molar-refractivity contribution in [3.63, 3.8) is 0 Å². The van der Waals surface area contributed by atoms with Gasteiger partial charge in [-0.3, -0.25) is 10.4 Å². The molecule has 9 heteroatoms. The quantitative estimate of drug-likeness (QED) is 0.326. The molecule has 144 valence electrons. The van der Waals surface area contributed by atoms with Gasteiger partial charge in [0.15, 0.2) is 5.11 Å². The molecule has 0 spiro atoms. The van der Waals surface area contributed by atoms with Crippen molar-refractivity contribution >= 4 is 56.1 Å². The molecule has 0 amide bonds. The van der Waals surface area contributed by atoms with Crippen molar-refractivity contribution in [3.05, 3.63) is 42.6 Å². The van der Waals surface area contributed by atoms with Crippen molar-refractivity contribution in [2.45, 2.75) is 13.8 Å². The smallest absolute Gasteiger partial charge is 0.167 e. The predicted octanol–water partition coefficient (Wildman–Crippen LogP) is 3.66. The van der Waals surface area contributed by atoms with E-state index in [-0.39, 0.29) is 0 Å². The molecule has 0 bridgehead atoms. The molecule has 0 aliphatic rings. The summed E-state index contributed by atoms with van der Waals surface area (Å²) in [4.78, 5) is 13.5. The Morgan fingerprint density at radius 1 is 1.14 bits per heavy atom. The lowest BCUT2D eigenvalue weighted by atomic mass is 10.3. The van der Waals surface area contributed by atoms with Gasteiger partial charge in [-0.1, -0.05) is 12.1 Å². The van der Waals surface area contributed by atoms with E-state index in [0.717, 1.165) is 27.5 Å².